The molecule has 6 nitrogen and oxygen atoms in total. The Morgan fingerprint density at radius 2 is 1.59 bits per heavy atom. The zero-order chi connectivity index (χ0) is 22.9. The third kappa shape index (κ3) is 6.55. The second kappa shape index (κ2) is 11.6. The van der Waals surface area contributed by atoms with Gasteiger partial charge in [-0.1, -0.05) is 60.7 Å². The summed E-state index contributed by atoms with van der Waals surface area (Å²) < 4.78 is 11.8. The summed E-state index contributed by atoms with van der Waals surface area (Å²) in [5.41, 5.74) is 3.70. The van der Waals surface area contributed by atoms with Crippen LogP contribution in [0.2, 0.25) is 0 Å². The molecule has 0 aliphatic rings. The van der Waals surface area contributed by atoms with E-state index in [1.807, 2.05) is 66.9 Å². The number of unbranched alkanes of at least 4 members (excludes halogenated alkanes) is 1. The van der Waals surface area contributed by atoms with Crippen LogP contribution in [-0.4, -0.2) is 49.7 Å². The van der Waals surface area contributed by atoms with Gasteiger partial charge in [-0.25, -0.2) is 9.78 Å². The monoisotopic (exact) mass is 451 g/mol. The van der Waals surface area contributed by atoms with Gasteiger partial charge in [0.2, 0.25) is 5.75 Å². The van der Waals surface area contributed by atoms with Gasteiger partial charge in [-0.3, -0.25) is 4.98 Å². The quantitative estimate of drug-likeness (QED) is 0.337. The average Bonchev–Trinajstić information content (AvgIpc) is 2.79. The first-order valence-corrected chi connectivity index (χ1v) is 12.3. The van der Waals surface area contributed by atoms with Gasteiger partial charge in [-0.15, -0.1) is 0 Å². The van der Waals surface area contributed by atoms with Gasteiger partial charge in [0.05, 0.1) is 17.6 Å². The maximum atomic E-state index is 11.8. The smallest absolute Gasteiger partial charge is 0.353 e. The fourth-order valence-electron chi connectivity index (χ4n) is 3.52. The lowest BCUT2D eigenvalue weighted by molar-refractivity contribution is -0.134. The molecule has 168 valence electrons. The first kappa shape index (κ1) is 23.8. The number of benzene rings is 2. The molecule has 1 aromatic heterocycles. The van der Waals surface area contributed by atoms with E-state index < -0.39 is 17.1 Å². The van der Waals surface area contributed by atoms with E-state index in [0.29, 0.717) is 12.2 Å². The number of carboxylic acids is 1. The highest BCUT2D eigenvalue weighted by atomic mass is 32.2. The molecular weight excluding hydrogens is 422 g/mol. The minimum absolute atomic E-state index is 0.208. The average molecular weight is 452 g/mol. The van der Waals surface area contributed by atoms with Gasteiger partial charge in [0.1, 0.15) is 11.6 Å². The van der Waals surface area contributed by atoms with Crippen molar-refractivity contribution in [1.82, 2.24) is 9.97 Å². The number of nitrogens with zero attached hydrogens (tertiary/aromatic N) is 3. The summed E-state index contributed by atoms with van der Waals surface area (Å²) in [6.07, 6.45) is 3.31. The van der Waals surface area contributed by atoms with Gasteiger partial charge in [0.15, 0.2) is 0 Å². The van der Waals surface area contributed by atoms with Crippen molar-refractivity contribution in [2.24, 2.45) is 0 Å². The Bertz CT molecular complexity index is 1000. The van der Waals surface area contributed by atoms with E-state index >= 15 is 0 Å². The van der Waals surface area contributed by atoms with Gasteiger partial charge < -0.3 is 14.6 Å². The number of carboxylic acid groups (broad SMARTS) is 1. The number of hydrogen-bond donors (Lipinski definition) is 1. The standard InChI is InChI=1S/C25H29N3O3S/c1-19(2)28(15-9-10-16-32(31)18-23(29)30)22-17-26-24(20-11-5-3-6-12-20)25(27-22)21-13-7-4-8-14-21/h3-8,11-14,17,19H,9-10,15-16,18H2,1-2H3,(H,29,30). The predicted octanol–water partition coefficient (Wildman–Crippen LogP) is 4.64. The van der Waals surface area contributed by atoms with Gasteiger partial charge >= 0.3 is 5.97 Å². The van der Waals surface area contributed by atoms with Crippen molar-refractivity contribution in [2.45, 2.75) is 32.7 Å². The highest BCUT2D eigenvalue weighted by Crippen LogP contribution is 2.31. The Morgan fingerprint density at radius 1 is 1.00 bits per heavy atom. The summed E-state index contributed by atoms with van der Waals surface area (Å²) in [4.78, 5) is 22.7. The molecule has 3 rings (SSSR count). The fourth-order valence-corrected chi connectivity index (χ4v) is 4.46. The molecule has 3 aromatic rings. The first-order valence-electron chi connectivity index (χ1n) is 10.8. The van der Waals surface area contributed by atoms with Gasteiger partial charge in [0.25, 0.3) is 0 Å². The van der Waals surface area contributed by atoms with Crippen LogP contribution in [0, 0.1) is 0 Å². The van der Waals surface area contributed by atoms with E-state index in [-0.39, 0.29) is 11.8 Å². The fraction of sp³-hybridized carbons (Fsp3) is 0.320. The van der Waals surface area contributed by atoms with E-state index in [0.717, 1.165) is 41.3 Å². The topological polar surface area (TPSA) is 89.4 Å². The lowest BCUT2D eigenvalue weighted by Gasteiger charge is -2.28. The van der Waals surface area contributed by atoms with Crippen LogP contribution in [0.4, 0.5) is 5.82 Å². The van der Waals surface area contributed by atoms with Gasteiger partial charge in [0, 0.05) is 23.7 Å². The largest absolute Gasteiger partial charge is 0.616 e. The summed E-state index contributed by atoms with van der Waals surface area (Å²) in [6, 6.07) is 20.3. The van der Waals surface area contributed by atoms with E-state index in [1.54, 1.807) is 0 Å². The van der Waals surface area contributed by atoms with Gasteiger partial charge in [-0.05, 0) is 37.9 Å². The molecule has 0 saturated carbocycles. The van der Waals surface area contributed by atoms with E-state index in [9.17, 15) is 9.35 Å². The molecule has 0 spiro atoms. The van der Waals surface area contributed by atoms with Crippen molar-refractivity contribution in [2.75, 3.05) is 23.0 Å². The van der Waals surface area contributed by atoms with Crippen molar-refractivity contribution in [3.8, 4) is 22.5 Å². The molecule has 2 aromatic carbocycles. The minimum atomic E-state index is -1.32. The van der Waals surface area contributed by atoms with Crippen LogP contribution in [-0.2, 0) is 16.0 Å². The van der Waals surface area contributed by atoms with E-state index in [1.165, 1.54) is 0 Å². The molecule has 1 unspecified atom stereocenters. The second-order valence-electron chi connectivity index (χ2n) is 7.83. The molecule has 0 saturated heterocycles. The highest BCUT2D eigenvalue weighted by molar-refractivity contribution is 7.92. The van der Waals surface area contributed by atoms with Crippen LogP contribution in [0.25, 0.3) is 22.5 Å². The maximum Gasteiger partial charge on any atom is 0.353 e. The number of aromatic nitrogens is 2. The van der Waals surface area contributed by atoms with E-state index in [2.05, 4.69) is 18.7 Å². The molecular formula is C25H29N3O3S. The third-order valence-corrected chi connectivity index (χ3v) is 6.39. The number of aliphatic carboxylic acids is 1. The van der Waals surface area contributed by atoms with E-state index in [4.69, 9.17) is 15.1 Å². The zero-order valence-corrected chi connectivity index (χ0v) is 19.3. The molecule has 7 heteroatoms. The third-order valence-electron chi connectivity index (χ3n) is 5.08. The Kier molecular flexibility index (Phi) is 8.64. The van der Waals surface area contributed by atoms with Crippen molar-refractivity contribution in [3.63, 3.8) is 0 Å². The molecule has 0 amide bonds. The minimum Gasteiger partial charge on any atom is -0.616 e. The molecule has 0 aliphatic heterocycles. The summed E-state index contributed by atoms with van der Waals surface area (Å²) in [5, 5.41) is 8.76. The first-order chi connectivity index (χ1) is 15.5. The van der Waals surface area contributed by atoms with Crippen LogP contribution >= 0.6 is 0 Å². The second-order valence-corrected chi connectivity index (χ2v) is 9.41. The molecule has 1 atom stereocenters. The maximum absolute atomic E-state index is 11.8. The Balaban J connectivity index is 1.83. The Labute approximate surface area is 192 Å². The molecule has 0 radical (unpaired) electrons. The summed E-state index contributed by atoms with van der Waals surface area (Å²) in [7, 11) is 0. The highest BCUT2D eigenvalue weighted by Gasteiger charge is 2.18. The number of anilines is 1. The summed E-state index contributed by atoms with van der Waals surface area (Å²) in [5.74, 6) is -0.119. The van der Waals surface area contributed by atoms with Crippen LogP contribution in [0.15, 0.2) is 66.9 Å². The van der Waals surface area contributed by atoms with Crippen molar-refractivity contribution in [3.05, 3.63) is 66.9 Å². The molecule has 32 heavy (non-hydrogen) atoms. The molecule has 0 aliphatic carbocycles. The van der Waals surface area contributed by atoms with Crippen LogP contribution in [0.3, 0.4) is 0 Å². The van der Waals surface area contributed by atoms with Crippen molar-refractivity contribution < 1.29 is 14.5 Å². The number of rotatable bonds is 11. The SMILES string of the molecule is CC(C)N(CCCC[S+]([O-])CC(=O)O)c1cnc(-c2ccccc2)c(-c2ccccc2)n1. The van der Waals surface area contributed by atoms with Crippen molar-refractivity contribution >= 4 is 23.0 Å². The molecule has 1 heterocycles. The molecule has 0 bridgehead atoms. The molecule has 0 fully saturated rings. The van der Waals surface area contributed by atoms with Crippen LogP contribution in [0.5, 0.6) is 0 Å². The summed E-state index contributed by atoms with van der Waals surface area (Å²) in [6.45, 7) is 4.95. The summed E-state index contributed by atoms with van der Waals surface area (Å²) >= 11 is -1.32. The van der Waals surface area contributed by atoms with Crippen LogP contribution in [0.1, 0.15) is 26.7 Å². The van der Waals surface area contributed by atoms with Gasteiger partial charge in [-0.2, -0.15) is 0 Å². The zero-order valence-electron chi connectivity index (χ0n) is 18.5. The van der Waals surface area contributed by atoms with Crippen LogP contribution < -0.4 is 4.90 Å². The Hall–Kier alpha value is -2.90. The Morgan fingerprint density at radius 3 is 2.16 bits per heavy atom. The normalized spacial score (nSPS) is 12.0. The predicted molar refractivity (Wildman–Crippen MR) is 130 cm³/mol. The number of hydrogen-bond acceptors (Lipinski definition) is 5. The number of carbonyl (C=O) groups is 1. The lowest BCUT2D eigenvalue weighted by atomic mass is 10.0. The lowest BCUT2D eigenvalue weighted by Crippen LogP contribution is -2.33. The molecule has 1 N–H and O–H groups in total. The van der Waals surface area contributed by atoms with Crippen molar-refractivity contribution in [1.29, 1.82) is 0 Å².